The molecule has 156 valence electrons. The van der Waals surface area contributed by atoms with E-state index in [2.05, 4.69) is 25.5 Å². The molecule has 5 rings (SSSR count). The van der Waals surface area contributed by atoms with Crippen molar-refractivity contribution < 1.29 is 4.39 Å². The summed E-state index contributed by atoms with van der Waals surface area (Å²) in [5, 5.41) is 16.7. The maximum atomic E-state index is 13.9. The minimum Gasteiger partial charge on any atom is -0.366 e. The van der Waals surface area contributed by atoms with Crippen molar-refractivity contribution in [3.05, 3.63) is 59.5 Å². The largest absolute Gasteiger partial charge is 0.366 e. The molecule has 0 spiro atoms. The average Bonchev–Trinajstić information content (AvgIpc) is 3.37. The summed E-state index contributed by atoms with van der Waals surface area (Å²) in [5.41, 5.74) is 3.73. The molecule has 2 fully saturated rings. The van der Waals surface area contributed by atoms with Crippen LogP contribution >= 0.6 is 0 Å². The first-order valence-corrected chi connectivity index (χ1v) is 10.6. The van der Waals surface area contributed by atoms with Crippen LogP contribution in [0.15, 0.2) is 42.6 Å². The summed E-state index contributed by atoms with van der Waals surface area (Å²) in [4.78, 5) is 2.40. The van der Waals surface area contributed by atoms with Gasteiger partial charge in [0, 0.05) is 38.3 Å². The maximum absolute atomic E-state index is 13.9. The molecule has 6 nitrogen and oxygen atoms in total. The Morgan fingerprint density at radius 3 is 2.47 bits per heavy atom. The Bertz CT molecular complexity index is 997. The van der Waals surface area contributed by atoms with Gasteiger partial charge in [-0.3, -0.25) is 9.58 Å². The van der Waals surface area contributed by atoms with Crippen LogP contribution in [0.4, 0.5) is 10.2 Å². The number of hydrogen-bond acceptors (Lipinski definition) is 5. The Morgan fingerprint density at radius 2 is 1.83 bits per heavy atom. The van der Waals surface area contributed by atoms with E-state index in [1.54, 1.807) is 12.1 Å². The van der Waals surface area contributed by atoms with Crippen LogP contribution in [0.25, 0.3) is 11.4 Å². The minimum absolute atomic E-state index is 0.0996. The first kappa shape index (κ1) is 19.2. The van der Waals surface area contributed by atoms with Gasteiger partial charge in [-0.1, -0.05) is 18.2 Å². The lowest BCUT2D eigenvalue weighted by atomic mass is 10.0. The second-order valence-corrected chi connectivity index (χ2v) is 8.72. The third-order valence-electron chi connectivity index (χ3n) is 6.56. The summed E-state index contributed by atoms with van der Waals surface area (Å²) in [6.07, 6.45) is 4.10. The number of likely N-dealkylation sites (tertiary alicyclic amines) is 1. The Morgan fingerprint density at radius 1 is 1.07 bits per heavy atom. The van der Waals surface area contributed by atoms with E-state index in [0.717, 1.165) is 54.3 Å². The fourth-order valence-electron chi connectivity index (χ4n) is 5.17. The molecule has 1 saturated heterocycles. The van der Waals surface area contributed by atoms with Crippen LogP contribution in [0, 0.1) is 24.6 Å². The summed E-state index contributed by atoms with van der Waals surface area (Å²) >= 11 is 0. The van der Waals surface area contributed by atoms with Crippen molar-refractivity contribution in [2.45, 2.75) is 32.4 Å². The first-order chi connectivity index (χ1) is 14.6. The summed E-state index contributed by atoms with van der Waals surface area (Å²) in [6.45, 7) is 4.82. The van der Waals surface area contributed by atoms with Gasteiger partial charge in [0.15, 0.2) is 0 Å². The molecule has 3 heterocycles. The standard InChI is InChI=1S/C23H27FN6/c1-15-11-25-29(2)23(15)21-7-8-22(28-27-21)26-19-9-17-13-30(14-18(17)10-19)12-16-5-3-4-6-20(16)24/h3-8,11,17-19H,9-10,12-14H2,1-2H3,(H,26,28). The van der Waals surface area contributed by atoms with Gasteiger partial charge in [-0.15, -0.1) is 10.2 Å². The van der Waals surface area contributed by atoms with Crippen LogP contribution in [0.5, 0.6) is 0 Å². The zero-order chi connectivity index (χ0) is 20.7. The van der Waals surface area contributed by atoms with Gasteiger partial charge in [-0.05, 0) is 55.4 Å². The van der Waals surface area contributed by atoms with Gasteiger partial charge >= 0.3 is 0 Å². The molecule has 30 heavy (non-hydrogen) atoms. The first-order valence-electron chi connectivity index (χ1n) is 10.6. The molecular weight excluding hydrogens is 379 g/mol. The molecular formula is C23H27FN6. The van der Waals surface area contributed by atoms with Crippen LogP contribution < -0.4 is 5.32 Å². The van der Waals surface area contributed by atoms with Gasteiger partial charge in [-0.2, -0.15) is 5.10 Å². The number of rotatable bonds is 5. The zero-order valence-electron chi connectivity index (χ0n) is 17.4. The van der Waals surface area contributed by atoms with Crippen molar-refractivity contribution in [2.75, 3.05) is 18.4 Å². The Hall–Kier alpha value is -2.80. The topological polar surface area (TPSA) is 58.9 Å². The van der Waals surface area contributed by atoms with Gasteiger partial charge in [0.1, 0.15) is 17.3 Å². The molecule has 3 aromatic rings. The number of benzene rings is 1. The fraction of sp³-hybridized carbons (Fsp3) is 0.435. The van der Waals surface area contributed by atoms with E-state index < -0.39 is 0 Å². The summed E-state index contributed by atoms with van der Waals surface area (Å²) < 4.78 is 15.8. The molecule has 0 amide bonds. The second-order valence-electron chi connectivity index (χ2n) is 8.72. The number of fused-ring (bicyclic) bond motifs is 1. The lowest BCUT2D eigenvalue weighted by Crippen LogP contribution is -2.25. The SMILES string of the molecule is Cc1cnn(C)c1-c1ccc(NC2CC3CN(Cc4ccccc4F)CC3C2)nn1. The van der Waals surface area contributed by atoms with E-state index >= 15 is 0 Å². The third kappa shape index (κ3) is 3.69. The summed E-state index contributed by atoms with van der Waals surface area (Å²) in [6, 6.07) is 11.5. The van der Waals surface area contributed by atoms with Crippen molar-refractivity contribution >= 4 is 5.82 Å². The molecule has 1 aliphatic carbocycles. The number of halogens is 1. The molecule has 0 radical (unpaired) electrons. The van der Waals surface area contributed by atoms with Gasteiger partial charge in [-0.25, -0.2) is 4.39 Å². The van der Waals surface area contributed by atoms with Crippen molar-refractivity contribution in [3.63, 3.8) is 0 Å². The van der Waals surface area contributed by atoms with E-state index in [1.807, 2.05) is 49.1 Å². The van der Waals surface area contributed by atoms with Crippen molar-refractivity contribution in [1.29, 1.82) is 0 Å². The lowest BCUT2D eigenvalue weighted by Gasteiger charge is -2.20. The van der Waals surface area contributed by atoms with Crippen LogP contribution in [0.3, 0.4) is 0 Å². The molecule has 1 N–H and O–H groups in total. The number of nitrogens with zero attached hydrogens (tertiary/aromatic N) is 5. The number of nitrogens with one attached hydrogen (secondary N) is 1. The Balaban J connectivity index is 1.17. The molecule has 2 aliphatic rings. The molecule has 2 atom stereocenters. The van der Waals surface area contributed by atoms with Crippen molar-refractivity contribution in [2.24, 2.45) is 18.9 Å². The van der Waals surface area contributed by atoms with E-state index in [-0.39, 0.29) is 5.82 Å². The smallest absolute Gasteiger partial charge is 0.148 e. The van der Waals surface area contributed by atoms with Gasteiger partial charge in [0.25, 0.3) is 0 Å². The van der Waals surface area contributed by atoms with Crippen LogP contribution in [-0.4, -0.2) is 44.0 Å². The van der Waals surface area contributed by atoms with Gasteiger partial charge in [0.05, 0.1) is 11.9 Å². The van der Waals surface area contributed by atoms with Crippen LogP contribution in [0.1, 0.15) is 24.0 Å². The Kier molecular flexibility index (Phi) is 4.98. The highest BCUT2D eigenvalue weighted by Gasteiger charge is 2.40. The molecule has 1 aromatic carbocycles. The normalized spacial score (nSPS) is 23.6. The number of hydrogen-bond donors (Lipinski definition) is 1. The van der Waals surface area contributed by atoms with Crippen LogP contribution in [0.2, 0.25) is 0 Å². The predicted octanol–water partition coefficient (Wildman–Crippen LogP) is 3.65. The highest BCUT2D eigenvalue weighted by Crippen LogP contribution is 2.39. The molecule has 2 aromatic heterocycles. The predicted molar refractivity (Wildman–Crippen MR) is 114 cm³/mol. The number of anilines is 1. The quantitative estimate of drug-likeness (QED) is 0.701. The highest BCUT2D eigenvalue weighted by molar-refractivity contribution is 5.59. The average molecular weight is 407 g/mol. The van der Waals surface area contributed by atoms with E-state index in [1.165, 1.54) is 0 Å². The summed E-state index contributed by atoms with van der Waals surface area (Å²) in [5.74, 6) is 2.06. The summed E-state index contributed by atoms with van der Waals surface area (Å²) in [7, 11) is 1.92. The maximum Gasteiger partial charge on any atom is 0.148 e. The third-order valence-corrected chi connectivity index (χ3v) is 6.56. The lowest BCUT2D eigenvalue weighted by molar-refractivity contribution is 0.296. The number of aromatic nitrogens is 4. The Labute approximate surface area is 176 Å². The van der Waals surface area contributed by atoms with E-state index in [0.29, 0.717) is 24.4 Å². The van der Waals surface area contributed by atoms with Crippen molar-refractivity contribution in [1.82, 2.24) is 24.9 Å². The molecule has 1 aliphatic heterocycles. The molecule has 0 bridgehead atoms. The van der Waals surface area contributed by atoms with Gasteiger partial charge < -0.3 is 5.32 Å². The van der Waals surface area contributed by atoms with Crippen molar-refractivity contribution in [3.8, 4) is 11.4 Å². The van der Waals surface area contributed by atoms with Crippen LogP contribution in [-0.2, 0) is 13.6 Å². The zero-order valence-corrected chi connectivity index (χ0v) is 17.4. The number of aryl methyl sites for hydroxylation is 2. The second kappa shape index (κ2) is 7.80. The van der Waals surface area contributed by atoms with E-state index in [4.69, 9.17) is 0 Å². The fourth-order valence-corrected chi connectivity index (χ4v) is 5.17. The highest BCUT2D eigenvalue weighted by atomic mass is 19.1. The molecule has 1 saturated carbocycles. The van der Waals surface area contributed by atoms with Gasteiger partial charge in [0.2, 0.25) is 0 Å². The van der Waals surface area contributed by atoms with E-state index in [9.17, 15) is 4.39 Å². The molecule has 2 unspecified atom stereocenters. The minimum atomic E-state index is -0.0996. The monoisotopic (exact) mass is 406 g/mol. The molecule has 7 heteroatoms.